The maximum absolute atomic E-state index is 11.4. The molecule has 0 spiro atoms. The van der Waals surface area contributed by atoms with Crippen LogP contribution in [0.1, 0.15) is 26.7 Å². The number of hydrogen-bond acceptors (Lipinski definition) is 3. The van der Waals surface area contributed by atoms with E-state index in [0.29, 0.717) is 18.7 Å². The lowest BCUT2D eigenvalue weighted by molar-refractivity contribution is -0.119. The summed E-state index contributed by atoms with van der Waals surface area (Å²) in [5, 5.41) is 0. The lowest BCUT2D eigenvalue weighted by Crippen LogP contribution is -2.26. The van der Waals surface area contributed by atoms with E-state index in [-0.39, 0.29) is 0 Å². The highest BCUT2D eigenvalue weighted by Crippen LogP contribution is 1.96. The highest BCUT2D eigenvalue weighted by molar-refractivity contribution is 5.80. The van der Waals surface area contributed by atoms with E-state index in [1.165, 1.54) is 0 Å². The van der Waals surface area contributed by atoms with Crippen molar-refractivity contribution in [3.05, 3.63) is 0 Å². The molecule has 0 aliphatic rings. The number of rotatable bonds is 8. The molecule has 0 atom stereocenters. The summed E-state index contributed by atoms with van der Waals surface area (Å²) in [6.45, 7) is 8.11. The Labute approximate surface area is 88.1 Å². The van der Waals surface area contributed by atoms with Gasteiger partial charge in [0.15, 0.2) is 0 Å². The molecule has 3 nitrogen and oxygen atoms in total. The second-order valence-corrected chi connectivity index (χ2v) is 3.91. The van der Waals surface area contributed by atoms with Gasteiger partial charge in [-0.2, -0.15) is 0 Å². The van der Waals surface area contributed by atoms with Gasteiger partial charge in [-0.3, -0.25) is 4.79 Å². The van der Waals surface area contributed by atoms with E-state index in [9.17, 15) is 4.79 Å². The van der Waals surface area contributed by atoms with Crippen molar-refractivity contribution in [3.8, 4) is 0 Å². The van der Waals surface area contributed by atoms with Crippen LogP contribution in [0, 0.1) is 0 Å². The van der Waals surface area contributed by atoms with Gasteiger partial charge >= 0.3 is 0 Å². The first-order valence-corrected chi connectivity index (χ1v) is 5.48. The summed E-state index contributed by atoms with van der Waals surface area (Å²) in [4.78, 5) is 15.6. The van der Waals surface area contributed by atoms with Crippen LogP contribution in [-0.4, -0.2) is 55.9 Å². The molecule has 0 bridgehead atoms. The van der Waals surface area contributed by atoms with E-state index in [0.717, 1.165) is 26.1 Å². The van der Waals surface area contributed by atoms with Gasteiger partial charge in [-0.25, -0.2) is 0 Å². The molecule has 0 amide bonds. The average Bonchev–Trinajstić information content (AvgIpc) is 2.11. The minimum absolute atomic E-state index is 0.349. The van der Waals surface area contributed by atoms with E-state index >= 15 is 0 Å². The fraction of sp³-hybridized carbons (Fsp3) is 0.909. The quantitative estimate of drug-likeness (QED) is 0.589. The van der Waals surface area contributed by atoms with Gasteiger partial charge in [0.1, 0.15) is 5.78 Å². The lowest BCUT2D eigenvalue weighted by Gasteiger charge is -2.17. The van der Waals surface area contributed by atoms with Gasteiger partial charge in [-0.05, 0) is 40.2 Å². The SMILES string of the molecule is CCN(CC)CCCC(=O)CN(C)C. The minimum atomic E-state index is 0.349. The summed E-state index contributed by atoms with van der Waals surface area (Å²) in [5.74, 6) is 0.349. The molecular formula is C11H24N2O. The zero-order valence-electron chi connectivity index (χ0n) is 10.0. The summed E-state index contributed by atoms with van der Waals surface area (Å²) in [6.07, 6.45) is 1.71. The topological polar surface area (TPSA) is 23.6 Å². The molecule has 14 heavy (non-hydrogen) atoms. The summed E-state index contributed by atoms with van der Waals surface area (Å²) in [5.41, 5.74) is 0. The Kier molecular flexibility index (Phi) is 7.71. The molecule has 0 radical (unpaired) electrons. The van der Waals surface area contributed by atoms with Crippen LogP contribution in [-0.2, 0) is 4.79 Å². The number of nitrogens with zero attached hydrogens (tertiary/aromatic N) is 2. The average molecular weight is 200 g/mol. The Morgan fingerprint density at radius 2 is 1.71 bits per heavy atom. The lowest BCUT2D eigenvalue weighted by atomic mass is 10.2. The highest BCUT2D eigenvalue weighted by Gasteiger charge is 2.04. The van der Waals surface area contributed by atoms with Gasteiger partial charge in [-0.15, -0.1) is 0 Å². The number of hydrogen-bond donors (Lipinski definition) is 0. The largest absolute Gasteiger partial charge is 0.304 e. The van der Waals surface area contributed by atoms with Crippen LogP contribution >= 0.6 is 0 Å². The maximum Gasteiger partial charge on any atom is 0.146 e. The summed E-state index contributed by atoms with van der Waals surface area (Å²) >= 11 is 0. The first-order chi connectivity index (χ1) is 6.60. The van der Waals surface area contributed by atoms with Gasteiger partial charge in [-0.1, -0.05) is 13.8 Å². The Morgan fingerprint density at radius 1 is 1.14 bits per heavy atom. The van der Waals surface area contributed by atoms with Crippen molar-refractivity contribution in [1.29, 1.82) is 0 Å². The van der Waals surface area contributed by atoms with Crippen LogP contribution in [0.4, 0.5) is 0 Å². The van der Waals surface area contributed by atoms with Gasteiger partial charge in [0.2, 0.25) is 0 Å². The number of carbonyl (C=O) groups is 1. The number of ketones is 1. The molecule has 0 saturated heterocycles. The van der Waals surface area contributed by atoms with E-state index < -0.39 is 0 Å². The monoisotopic (exact) mass is 200 g/mol. The van der Waals surface area contributed by atoms with Gasteiger partial charge in [0.25, 0.3) is 0 Å². The van der Waals surface area contributed by atoms with Crippen molar-refractivity contribution in [2.45, 2.75) is 26.7 Å². The van der Waals surface area contributed by atoms with Crippen LogP contribution in [0.2, 0.25) is 0 Å². The second kappa shape index (κ2) is 7.94. The van der Waals surface area contributed by atoms with Crippen LogP contribution in [0.3, 0.4) is 0 Å². The van der Waals surface area contributed by atoms with Crippen LogP contribution in [0.25, 0.3) is 0 Å². The smallest absolute Gasteiger partial charge is 0.146 e. The second-order valence-electron chi connectivity index (χ2n) is 3.91. The third kappa shape index (κ3) is 7.04. The Hall–Kier alpha value is -0.410. The molecule has 0 aliphatic heterocycles. The van der Waals surface area contributed by atoms with Crippen molar-refractivity contribution < 1.29 is 4.79 Å². The molecule has 0 aromatic rings. The van der Waals surface area contributed by atoms with Crippen LogP contribution in [0.15, 0.2) is 0 Å². The predicted octanol–water partition coefficient (Wildman–Crippen LogP) is 1.24. The van der Waals surface area contributed by atoms with E-state index in [2.05, 4.69) is 18.7 Å². The van der Waals surface area contributed by atoms with E-state index in [1.54, 1.807) is 0 Å². The number of likely N-dealkylation sites (N-methyl/N-ethyl adjacent to an activating group) is 1. The minimum Gasteiger partial charge on any atom is -0.304 e. The van der Waals surface area contributed by atoms with E-state index in [1.807, 2.05) is 19.0 Å². The van der Waals surface area contributed by atoms with Crippen molar-refractivity contribution in [2.75, 3.05) is 40.3 Å². The molecule has 3 heteroatoms. The zero-order valence-corrected chi connectivity index (χ0v) is 10.0. The summed E-state index contributed by atoms with van der Waals surface area (Å²) in [6, 6.07) is 0. The molecule has 0 N–H and O–H groups in total. The third-order valence-corrected chi connectivity index (χ3v) is 2.32. The van der Waals surface area contributed by atoms with Crippen molar-refractivity contribution in [3.63, 3.8) is 0 Å². The summed E-state index contributed by atoms with van der Waals surface area (Å²) in [7, 11) is 3.87. The standard InChI is InChI=1S/C11H24N2O/c1-5-13(6-2)9-7-8-11(14)10-12(3)4/h5-10H2,1-4H3. The molecule has 0 aromatic heterocycles. The highest BCUT2D eigenvalue weighted by atomic mass is 16.1. The van der Waals surface area contributed by atoms with Crippen LogP contribution < -0.4 is 0 Å². The summed E-state index contributed by atoms with van der Waals surface area (Å²) < 4.78 is 0. The third-order valence-electron chi connectivity index (χ3n) is 2.32. The molecule has 84 valence electrons. The maximum atomic E-state index is 11.4. The van der Waals surface area contributed by atoms with Gasteiger partial charge in [0.05, 0.1) is 6.54 Å². The first kappa shape index (κ1) is 13.6. The van der Waals surface area contributed by atoms with Gasteiger partial charge in [0, 0.05) is 6.42 Å². The Bertz CT molecular complexity index is 153. The van der Waals surface area contributed by atoms with Crippen LogP contribution in [0.5, 0.6) is 0 Å². The Morgan fingerprint density at radius 3 is 2.14 bits per heavy atom. The molecule has 0 aliphatic carbocycles. The molecule has 0 heterocycles. The van der Waals surface area contributed by atoms with Gasteiger partial charge < -0.3 is 9.80 Å². The molecular weight excluding hydrogens is 176 g/mol. The fourth-order valence-corrected chi connectivity index (χ4v) is 1.47. The predicted molar refractivity (Wildman–Crippen MR) is 60.6 cm³/mol. The van der Waals surface area contributed by atoms with E-state index in [4.69, 9.17) is 0 Å². The molecule has 0 fully saturated rings. The van der Waals surface area contributed by atoms with Crippen molar-refractivity contribution >= 4 is 5.78 Å². The van der Waals surface area contributed by atoms with Crippen molar-refractivity contribution in [2.24, 2.45) is 0 Å². The first-order valence-electron chi connectivity index (χ1n) is 5.48. The number of carbonyl (C=O) groups excluding carboxylic acids is 1. The molecule has 0 rings (SSSR count). The zero-order chi connectivity index (χ0) is 11.0. The fourth-order valence-electron chi connectivity index (χ4n) is 1.47. The Balaban J connectivity index is 3.48. The number of Topliss-reactive ketones (excluding diaryl/α,β-unsaturated/α-hetero) is 1. The normalized spacial score (nSPS) is 11.3. The van der Waals surface area contributed by atoms with Crippen molar-refractivity contribution in [1.82, 2.24) is 9.80 Å². The molecule has 0 unspecified atom stereocenters. The molecule has 0 aromatic carbocycles. The molecule has 0 saturated carbocycles.